The van der Waals surface area contributed by atoms with Crippen LogP contribution in [0, 0.1) is 0 Å². The number of nitrogens with one attached hydrogen (secondary N) is 2. The first-order valence-electron chi connectivity index (χ1n) is 10.5. The lowest BCUT2D eigenvalue weighted by Crippen LogP contribution is -2.46. The number of carbonyl (C=O) groups excluding carboxylic acids is 2. The number of amides is 3. The third kappa shape index (κ3) is 4.51. The molecule has 0 fully saturated rings. The van der Waals surface area contributed by atoms with Gasteiger partial charge in [0, 0.05) is 6.54 Å². The molecule has 0 unspecified atom stereocenters. The van der Waals surface area contributed by atoms with Gasteiger partial charge in [0.2, 0.25) is 5.91 Å². The van der Waals surface area contributed by atoms with E-state index in [-0.39, 0.29) is 18.0 Å². The molecule has 7 heteroatoms. The fourth-order valence-corrected chi connectivity index (χ4v) is 3.70. The summed E-state index contributed by atoms with van der Waals surface area (Å²) in [7, 11) is 1.74. The SMILES string of the molecule is CN[C@@H](C)C(=O)Nc1ccc2c(n1)CN(CC1=CCCC=C1)C(=O)N2c1ccccc1. The maximum absolute atomic E-state index is 13.4. The number of nitrogens with zero attached hydrogens (tertiary/aromatic N) is 3. The summed E-state index contributed by atoms with van der Waals surface area (Å²) in [6, 6.07) is 12.7. The lowest BCUT2D eigenvalue weighted by molar-refractivity contribution is -0.117. The van der Waals surface area contributed by atoms with E-state index in [1.54, 1.807) is 29.8 Å². The van der Waals surface area contributed by atoms with E-state index in [2.05, 4.69) is 28.9 Å². The average Bonchev–Trinajstić information content (AvgIpc) is 2.80. The predicted molar refractivity (Wildman–Crippen MR) is 122 cm³/mol. The third-order valence-electron chi connectivity index (χ3n) is 5.53. The van der Waals surface area contributed by atoms with Crippen molar-refractivity contribution in [1.29, 1.82) is 0 Å². The average molecular weight is 418 g/mol. The van der Waals surface area contributed by atoms with Crippen LogP contribution in [0.2, 0.25) is 0 Å². The van der Waals surface area contributed by atoms with Crippen LogP contribution >= 0.6 is 0 Å². The Morgan fingerprint density at radius 3 is 2.68 bits per heavy atom. The molecule has 2 aliphatic rings. The number of carbonyl (C=O) groups is 2. The quantitative estimate of drug-likeness (QED) is 0.745. The van der Waals surface area contributed by atoms with E-state index in [0.717, 1.165) is 35.5 Å². The number of benzene rings is 1. The largest absolute Gasteiger partial charge is 0.329 e. The molecule has 0 radical (unpaired) electrons. The number of likely N-dealkylation sites (N-methyl/N-ethyl adjacent to an activating group) is 1. The monoisotopic (exact) mass is 417 g/mol. The lowest BCUT2D eigenvalue weighted by Gasteiger charge is -2.37. The zero-order valence-corrected chi connectivity index (χ0v) is 17.8. The summed E-state index contributed by atoms with van der Waals surface area (Å²) < 4.78 is 0. The number of fused-ring (bicyclic) bond motifs is 1. The van der Waals surface area contributed by atoms with Gasteiger partial charge in [-0.3, -0.25) is 9.69 Å². The smallest absolute Gasteiger partial charge is 0.314 e. The number of rotatable bonds is 6. The van der Waals surface area contributed by atoms with E-state index in [9.17, 15) is 9.59 Å². The van der Waals surface area contributed by atoms with Crippen LogP contribution in [0.5, 0.6) is 0 Å². The zero-order chi connectivity index (χ0) is 21.8. The van der Waals surface area contributed by atoms with Crippen molar-refractivity contribution in [3.63, 3.8) is 0 Å². The number of aromatic nitrogens is 1. The van der Waals surface area contributed by atoms with Crippen LogP contribution in [-0.2, 0) is 11.3 Å². The van der Waals surface area contributed by atoms with Crippen LogP contribution < -0.4 is 15.5 Å². The van der Waals surface area contributed by atoms with Crippen molar-refractivity contribution in [3.8, 4) is 0 Å². The highest BCUT2D eigenvalue weighted by atomic mass is 16.2. The highest BCUT2D eigenvalue weighted by Gasteiger charge is 2.33. The number of para-hydroxylation sites is 1. The summed E-state index contributed by atoms with van der Waals surface area (Å²) >= 11 is 0. The van der Waals surface area contributed by atoms with E-state index < -0.39 is 0 Å². The minimum Gasteiger partial charge on any atom is -0.314 e. The number of hydrogen-bond acceptors (Lipinski definition) is 4. The van der Waals surface area contributed by atoms with Crippen LogP contribution in [0.25, 0.3) is 0 Å². The molecule has 2 heterocycles. The van der Waals surface area contributed by atoms with Crippen molar-refractivity contribution >= 4 is 29.1 Å². The predicted octanol–water partition coefficient (Wildman–Crippen LogP) is 3.98. The van der Waals surface area contributed by atoms with Crippen LogP contribution in [0.1, 0.15) is 25.5 Å². The van der Waals surface area contributed by atoms with E-state index >= 15 is 0 Å². The number of allylic oxidation sites excluding steroid dienone is 2. The summed E-state index contributed by atoms with van der Waals surface area (Å²) in [4.78, 5) is 33.9. The first-order chi connectivity index (χ1) is 15.1. The Hall–Kier alpha value is -3.45. The van der Waals surface area contributed by atoms with Crippen molar-refractivity contribution in [3.05, 3.63) is 72.0 Å². The molecule has 7 nitrogen and oxygen atoms in total. The van der Waals surface area contributed by atoms with Crippen molar-refractivity contribution in [1.82, 2.24) is 15.2 Å². The van der Waals surface area contributed by atoms with Gasteiger partial charge in [-0.1, -0.05) is 36.4 Å². The van der Waals surface area contributed by atoms with Crippen molar-refractivity contribution in [2.24, 2.45) is 0 Å². The minimum absolute atomic E-state index is 0.0824. The number of anilines is 3. The summed E-state index contributed by atoms with van der Waals surface area (Å²) in [5.41, 5.74) is 3.40. The molecule has 1 aliphatic carbocycles. The Labute approximate surface area is 182 Å². The molecule has 1 aromatic heterocycles. The third-order valence-corrected chi connectivity index (χ3v) is 5.53. The number of hydrogen-bond donors (Lipinski definition) is 2. The van der Waals surface area contributed by atoms with Crippen LogP contribution in [0.3, 0.4) is 0 Å². The molecule has 0 saturated carbocycles. The summed E-state index contributed by atoms with van der Waals surface area (Å²) in [6.45, 7) is 2.69. The van der Waals surface area contributed by atoms with E-state index in [1.165, 1.54) is 0 Å². The molecule has 2 N–H and O–H groups in total. The standard InChI is InChI=1S/C24H27N5O2/c1-17(25-2)23(30)27-22-14-13-21-20(26-22)16-28(15-18-9-5-3-6-10-18)24(31)29(21)19-11-7-4-8-12-19/h4-5,7-14,17,25H,3,6,15-16H2,1-2H3,(H,26,27,30)/t17-/m0/s1. The fourth-order valence-electron chi connectivity index (χ4n) is 3.70. The highest BCUT2D eigenvalue weighted by molar-refractivity contribution is 6.02. The van der Waals surface area contributed by atoms with Crippen LogP contribution in [0.15, 0.2) is 66.3 Å². The zero-order valence-electron chi connectivity index (χ0n) is 17.8. The fraction of sp³-hybridized carbons (Fsp3) is 0.292. The second kappa shape index (κ2) is 9.14. The highest BCUT2D eigenvalue weighted by Crippen LogP contribution is 2.35. The van der Waals surface area contributed by atoms with Gasteiger partial charge < -0.3 is 15.5 Å². The first kappa shape index (κ1) is 20.8. The molecule has 160 valence electrons. The van der Waals surface area contributed by atoms with Gasteiger partial charge in [0.05, 0.1) is 29.7 Å². The lowest BCUT2D eigenvalue weighted by atomic mass is 10.1. The van der Waals surface area contributed by atoms with Gasteiger partial charge in [-0.25, -0.2) is 9.78 Å². The number of urea groups is 1. The van der Waals surface area contributed by atoms with Crippen molar-refractivity contribution < 1.29 is 9.59 Å². The van der Waals surface area contributed by atoms with Gasteiger partial charge in [-0.2, -0.15) is 0 Å². The van der Waals surface area contributed by atoms with Gasteiger partial charge in [0.15, 0.2) is 0 Å². The summed E-state index contributed by atoms with van der Waals surface area (Å²) in [5, 5.41) is 5.77. The van der Waals surface area contributed by atoms with Gasteiger partial charge in [-0.05, 0) is 56.7 Å². The Kier molecular flexibility index (Phi) is 6.13. The maximum Gasteiger partial charge on any atom is 0.329 e. The Bertz CT molecular complexity index is 1030. The molecule has 4 rings (SSSR count). The molecule has 3 amide bonds. The first-order valence-corrected chi connectivity index (χ1v) is 10.5. The van der Waals surface area contributed by atoms with E-state index in [1.807, 2.05) is 36.4 Å². The maximum atomic E-state index is 13.4. The topological polar surface area (TPSA) is 77.6 Å². The van der Waals surface area contributed by atoms with E-state index in [4.69, 9.17) is 4.98 Å². The molecule has 0 bridgehead atoms. The van der Waals surface area contributed by atoms with Gasteiger partial charge in [0.25, 0.3) is 0 Å². The van der Waals surface area contributed by atoms with Gasteiger partial charge >= 0.3 is 6.03 Å². The van der Waals surface area contributed by atoms with E-state index in [0.29, 0.717) is 18.9 Å². The number of pyridine rings is 1. The molecule has 1 aliphatic heterocycles. The molecular weight excluding hydrogens is 390 g/mol. The second-order valence-corrected chi connectivity index (χ2v) is 7.73. The molecular formula is C24H27N5O2. The molecule has 1 atom stereocenters. The summed E-state index contributed by atoms with van der Waals surface area (Å²) in [5.74, 6) is 0.320. The van der Waals surface area contributed by atoms with Gasteiger partial charge in [0.1, 0.15) is 5.82 Å². The Morgan fingerprint density at radius 2 is 1.97 bits per heavy atom. The minimum atomic E-state index is -0.332. The molecule has 31 heavy (non-hydrogen) atoms. The van der Waals surface area contributed by atoms with Crippen molar-refractivity contribution in [2.45, 2.75) is 32.4 Å². The van der Waals surface area contributed by atoms with Crippen molar-refractivity contribution in [2.75, 3.05) is 23.8 Å². The van der Waals surface area contributed by atoms with Crippen LogP contribution in [-0.4, -0.2) is 41.5 Å². The Morgan fingerprint density at radius 1 is 1.16 bits per heavy atom. The summed E-state index contributed by atoms with van der Waals surface area (Å²) in [6.07, 6.45) is 8.43. The second-order valence-electron chi connectivity index (χ2n) is 7.73. The molecule has 1 aromatic carbocycles. The molecule has 2 aromatic rings. The normalized spacial score (nSPS) is 16.6. The molecule has 0 saturated heterocycles. The van der Waals surface area contributed by atoms with Gasteiger partial charge in [-0.15, -0.1) is 0 Å². The Balaban J connectivity index is 1.68. The van der Waals surface area contributed by atoms with Crippen LogP contribution in [0.4, 0.5) is 22.0 Å². The molecule has 0 spiro atoms.